The molecule has 1 aliphatic rings. The van der Waals surface area contributed by atoms with E-state index in [9.17, 15) is 14.7 Å². The third-order valence-electron chi connectivity index (χ3n) is 4.79. The number of nitrogens with one attached hydrogen (secondary N) is 1. The van der Waals surface area contributed by atoms with Gasteiger partial charge in [0.2, 0.25) is 0 Å². The van der Waals surface area contributed by atoms with Gasteiger partial charge in [0.05, 0.1) is 11.7 Å². The van der Waals surface area contributed by atoms with Crippen LogP contribution in [0.2, 0.25) is 0 Å². The molecular weight excluding hydrogens is 366 g/mol. The third kappa shape index (κ3) is 4.89. The second-order valence-electron chi connectivity index (χ2n) is 6.93. The highest BCUT2D eigenvalue weighted by atomic mass is 16.7. The Bertz CT molecular complexity index is 818. The Kier molecular flexibility index (Phi) is 6.66. The molecule has 0 bridgehead atoms. The maximum Gasteiger partial charge on any atom is 0.340 e. The van der Waals surface area contributed by atoms with Gasteiger partial charge < -0.3 is 29.4 Å². The van der Waals surface area contributed by atoms with Gasteiger partial charge in [-0.2, -0.15) is 0 Å². The van der Waals surface area contributed by atoms with Gasteiger partial charge in [-0.15, -0.1) is 0 Å². The number of carbonyl (C=O) groups is 2. The van der Waals surface area contributed by atoms with Crippen LogP contribution < -0.4 is 0 Å². The Morgan fingerprint density at radius 3 is 2.86 bits per heavy atom. The molecule has 8 nitrogen and oxygen atoms in total. The van der Waals surface area contributed by atoms with Crippen molar-refractivity contribution in [3.05, 3.63) is 36.0 Å². The minimum absolute atomic E-state index is 0.0830. The molecule has 0 amide bonds. The third-order valence-corrected chi connectivity index (χ3v) is 4.79. The number of carboxylic acid groups (broad SMARTS) is 1. The van der Waals surface area contributed by atoms with Crippen molar-refractivity contribution in [2.24, 2.45) is 0 Å². The Morgan fingerprint density at radius 2 is 2.07 bits per heavy atom. The number of carbonyl (C=O) groups excluding carboxylic acids is 1. The summed E-state index contributed by atoms with van der Waals surface area (Å²) >= 11 is 0. The summed E-state index contributed by atoms with van der Waals surface area (Å²) in [5.41, 5.74) is 1.29. The number of unbranched alkanes of at least 4 members (excludes halogenated alkanes) is 1. The number of H-pyrrole nitrogens is 1. The molecule has 4 unspecified atom stereocenters. The van der Waals surface area contributed by atoms with Crippen molar-refractivity contribution < 1.29 is 34.0 Å². The molecule has 1 saturated heterocycles. The molecule has 1 aromatic carbocycles. The summed E-state index contributed by atoms with van der Waals surface area (Å²) in [4.78, 5) is 26.1. The summed E-state index contributed by atoms with van der Waals surface area (Å²) in [6.07, 6.45) is 0.171. The molecule has 2 aromatic rings. The zero-order chi connectivity index (χ0) is 20.1. The predicted molar refractivity (Wildman–Crippen MR) is 99.9 cm³/mol. The summed E-state index contributed by atoms with van der Waals surface area (Å²) in [7, 11) is 0. The van der Waals surface area contributed by atoms with Crippen molar-refractivity contribution >= 4 is 22.8 Å². The molecule has 0 spiro atoms. The standard InChI is InChI=1S/C20H25NO7/c1-12-17(10-16(22)20(27-12)26-9-5-4-8-18(23)24)28-19(25)14-11-21-15-7-3-2-6-13(14)15/h2-3,6-7,11-12,16-17,20-22H,4-5,8-10H2,1H3,(H,23,24). The number of aliphatic hydroxyl groups excluding tert-OH is 1. The van der Waals surface area contributed by atoms with E-state index in [0.29, 0.717) is 25.0 Å². The second-order valence-corrected chi connectivity index (χ2v) is 6.93. The average Bonchev–Trinajstić information content (AvgIpc) is 3.09. The fourth-order valence-corrected chi connectivity index (χ4v) is 3.24. The second kappa shape index (κ2) is 9.18. The summed E-state index contributed by atoms with van der Waals surface area (Å²) in [6, 6.07) is 7.44. The maximum atomic E-state index is 12.6. The van der Waals surface area contributed by atoms with Gasteiger partial charge in [-0.25, -0.2) is 4.79 Å². The normalized spacial score (nSPS) is 24.9. The predicted octanol–water partition coefficient (Wildman–Crippen LogP) is 2.46. The molecule has 1 aliphatic heterocycles. The lowest BCUT2D eigenvalue weighted by atomic mass is 10.0. The molecule has 28 heavy (non-hydrogen) atoms. The number of carboxylic acids is 1. The number of esters is 1. The van der Waals surface area contributed by atoms with Gasteiger partial charge in [-0.05, 0) is 25.8 Å². The van der Waals surface area contributed by atoms with Crippen LogP contribution in [0.5, 0.6) is 0 Å². The van der Waals surface area contributed by atoms with E-state index in [-0.39, 0.29) is 12.8 Å². The molecule has 3 N–H and O–H groups in total. The molecule has 1 aromatic heterocycles. The summed E-state index contributed by atoms with van der Waals surface area (Å²) in [5, 5.41) is 19.7. The van der Waals surface area contributed by atoms with Crippen molar-refractivity contribution in [3.63, 3.8) is 0 Å². The van der Waals surface area contributed by atoms with E-state index in [1.54, 1.807) is 13.1 Å². The first-order valence-electron chi connectivity index (χ1n) is 9.39. The smallest absolute Gasteiger partial charge is 0.340 e. The van der Waals surface area contributed by atoms with E-state index in [1.165, 1.54) is 0 Å². The SMILES string of the molecule is CC1OC(OCCCCC(=O)O)C(O)CC1OC(=O)c1c[nH]c2ccccc12. The van der Waals surface area contributed by atoms with E-state index in [2.05, 4.69) is 4.98 Å². The fourth-order valence-electron chi connectivity index (χ4n) is 3.24. The number of aliphatic hydroxyl groups is 1. The number of aliphatic carboxylic acids is 1. The highest BCUT2D eigenvalue weighted by molar-refractivity contribution is 6.04. The van der Waals surface area contributed by atoms with Crippen LogP contribution in [-0.4, -0.2) is 58.3 Å². The fraction of sp³-hybridized carbons (Fsp3) is 0.500. The van der Waals surface area contributed by atoms with E-state index < -0.39 is 36.5 Å². The number of ether oxygens (including phenoxy) is 3. The zero-order valence-corrected chi connectivity index (χ0v) is 15.7. The van der Waals surface area contributed by atoms with Crippen LogP contribution in [0, 0.1) is 0 Å². The van der Waals surface area contributed by atoms with Crippen molar-refractivity contribution in [1.29, 1.82) is 0 Å². The lowest BCUT2D eigenvalue weighted by molar-refractivity contribution is -0.260. The molecule has 3 rings (SSSR count). The number of para-hydroxylation sites is 1. The number of aromatic amines is 1. The van der Waals surface area contributed by atoms with Crippen LogP contribution in [0.3, 0.4) is 0 Å². The van der Waals surface area contributed by atoms with Gasteiger partial charge in [-0.3, -0.25) is 4.79 Å². The molecule has 4 atom stereocenters. The highest BCUT2D eigenvalue weighted by Crippen LogP contribution is 2.26. The molecule has 0 saturated carbocycles. The summed E-state index contributed by atoms with van der Waals surface area (Å²) in [5.74, 6) is -1.32. The minimum Gasteiger partial charge on any atom is -0.481 e. The molecule has 0 radical (unpaired) electrons. The van der Waals surface area contributed by atoms with Gasteiger partial charge in [0.25, 0.3) is 0 Å². The maximum absolute atomic E-state index is 12.6. The number of rotatable bonds is 8. The quantitative estimate of drug-likeness (QED) is 0.467. The first-order valence-corrected chi connectivity index (χ1v) is 9.39. The average molecular weight is 391 g/mol. The van der Waals surface area contributed by atoms with Gasteiger partial charge in [-0.1, -0.05) is 18.2 Å². The Labute approximate surface area is 162 Å². The molecule has 2 heterocycles. The number of aromatic nitrogens is 1. The number of fused-ring (bicyclic) bond motifs is 1. The Morgan fingerprint density at radius 1 is 1.29 bits per heavy atom. The van der Waals surface area contributed by atoms with Crippen LogP contribution in [0.15, 0.2) is 30.5 Å². The molecular formula is C20H25NO7. The summed E-state index contributed by atoms with van der Waals surface area (Å²) < 4.78 is 16.8. The van der Waals surface area contributed by atoms with Crippen LogP contribution >= 0.6 is 0 Å². The van der Waals surface area contributed by atoms with Crippen LogP contribution in [0.4, 0.5) is 0 Å². The van der Waals surface area contributed by atoms with Gasteiger partial charge in [0, 0.05) is 36.5 Å². The van der Waals surface area contributed by atoms with Crippen molar-refractivity contribution in [3.8, 4) is 0 Å². The van der Waals surface area contributed by atoms with Crippen LogP contribution in [-0.2, 0) is 19.0 Å². The zero-order valence-electron chi connectivity index (χ0n) is 15.7. The molecule has 0 aliphatic carbocycles. The molecule has 1 fully saturated rings. The van der Waals surface area contributed by atoms with Crippen molar-refractivity contribution in [2.45, 2.75) is 57.2 Å². The first kappa shape index (κ1) is 20.3. The summed E-state index contributed by atoms with van der Waals surface area (Å²) in [6.45, 7) is 2.06. The van der Waals surface area contributed by atoms with Crippen molar-refractivity contribution in [1.82, 2.24) is 4.98 Å². The lowest BCUT2D eigenvalue weighted by Gasteiger charge is -2.37. The van der Waals surface area contributed by atoms with Crippen LogP contribution in [0.1, 0.15) is 43.0 Å². The molecule has 152 valence electrons. The lowest BCUT2D eigenvalue weighted by Crippen LogP contribution is -2.48. The Balaban J connectivity index is 1.51. The van der Waals surface area contributed by atoms with Gasteiger partial charge in [0.1, 0.15) is 12.2 Å². The first-order chi connectivity index (χ1) is 13.5. The topological polar surface area (TPSA) is 118 Å². The van der Waals surface area contributed by atoms with E-state index in [1.807, 2.05) is 24.3 Å². The number of hydrogen-bond donors (Lipinski definition) is 3. The monoisotopic (exact) mass is 391 g/mol. The van der Waals surface area contributed by atoms with E-state index in [4.69, 9.17) is 19.3 Å². The van der Waals surface area contributed by atoms with Gasteiger partial charge in [0.15, 0.2) is 6.29 Å². The van der Waals surface area contributed by atoms with E-state index >= 15 is 0 Å². The highest BCUT2D eigenvalue weighted by Gasteiger charge is 2.38. The van der Waals surface area contributed by atoms with Gasteiger partial charge >= 0.3 is 11.9 Å². The van der Waals surface area contributed by atoms with Crippen molar-refractivity contribution in [2.75, 3.05) is 6.61 Å². The minimum atomic E-state index is -0.934. The van der Waals surface area contributed by atoms with Crippen LogP contribution in [0.25, 0.3) is 10.9 Å². The Hall–Kier alpha value is -2.42. The number of hydrogen-bond acceptors (Lipinski definition) is 6. The van der Waals surface area contributed by atoms with E-state index in [0.717, 1.165) is 10.9 Å². The number of benzene rings is 1. The molecule has 8 heteroatoms. The largest absolute Gasteiger partial charge is 0.481 e.